The molecule has 0 amide bonds. The van der Waals surface area contributed by atoms with E-state index in [-0.39, 0.29) is 50.8 Å². The average Bonchev–Trinajstić information content (AvgIpc) is 2.98. The number of halogens is 11. The van der Waals surface area contributed by atoms with Gasteiger partial charge < -0.3 is 28.4 Å². The number of aromatic nitrogens is 2. The van der Waals surface area contributed by atoms with Crippen LogP contribution in [0.3, 0.4) is 0 Å². The zero-order chi connectivity index (χ0) is 36.1. The minimum absolute atomic E-state index is 0.0503. The summed E-state index contributed by atoms with van der Waals surface area (Å²) < 4.78 is 178. The molecular formula is C27H31F11N2O8. The Morgan fingerprint density at radius 3 is 1.96 bits per heavy atom. The quantitative estimate of drug-likeness (QED) is 0.0702. The molecule has 0 aliphatic carbocycles. The Morgan fingerprint density at radius 1 is 0.708 bits per heavy atom. The summed E-state index contributed by atoms with van der Waals surface area (Å²) in [6, 6.07) is 6.41. The molecule has 0 saturated heterocycles. The van der Waals surface area contributed by atoms with Gasteiger partial charge >= 0.3 is 30.6 Å². The van der Waals surface area contributed by atoms with Crippen molar-refractivity contribution in [1.82, 2.24) is 9.97 Å². The third kappa shape index (κ3) is 13.1. The average molecular weight is 721 g/mol. The molecule has 0 aliphatic heterocycles. The number of alkyl halides is 11. The largest absolute Gasteiger partial charge is 0.490 e. The van der Waals surface area contributed by atoms with Crippen LogP contribution in [0.25, 0.3) is 11.4 Å². The second-order valence-electron chi connectivity index (χ2n) is 9.29. The molecule has 0 radical (unpaired) electrons. The van der Waals surface area contributed by atoms with Crippen LogP contribution < -0.4 is 9.47 Å². The van der Waals surface area contributed by atoms with Crippen LogP contribution in [0.15, 0.2) is 36.7 Å². The minimum atomic E-state index is -6.86. The van der Waals surface area contributed by atoms with Crippen molar-refractivity contribution in [1.29, 1.82) is 0 Å². The van der Waals surface area contributed by atoms with Gasteiger partial charge in [-0.2, -0.15) is 48.3 Å². The Kier molecular flexibility index (Phi) is 15.4. The summed E-state index contributed by atoms with van der Waals surface area (Å²) in [4.78, 5) is 8.32. The molecule has 0 N–H and O–H groups in total. The summed E-state index contributed by atoms with van der Waals surface area (Å²) in [5.41, 5.74) is 0.575. The summed E-state index contributed by atoms with van der Waals surface area (Å²) >= 11 is 0. The van der Waals surface area contributed by atoms with E-state index in [4.69, 9.17) is 23.7 Å². The number of unbranched alkanes of at least 4 members (excludes halogenated alkanes) is 1. The predicted molar refractivity (Wildman–Crippen MR) is 140 cm³/mol. The lowest BCUT2D eigenvalue weighted by Crippen LogP contribution is -2.55. The number of ether oxygens (including phenoxy) is 8. The van der Waals surface area contributed by atoms with Crippen LogP contribution in [0, 0.1) is 0 Å². The van der Waals surface area contributed by atoms with Crippen LogP contribution in [0.2, 0.25) is 0 Å². The SMILES string of the molecule is CCOC(COC)OCCOc1cc(-c2ncccn2)ccc1OCCCCOCC(F)(F)OC(F)(F)C(F)(F)OC(F)(F)C(F)(F)F. The summed E-state index contributed by atoms with van der Waals surface area (Å²) in [5.74, 6) is 0.883. The van der Waals surface area contributed by atoms with Gasteiger partial charge in [0.1, 0.15) is 13.2 Å². The molecule has 2 rings (SSSR count). The summed E-state index contributed by atoms with van der Waals surface area (Å²) in [6.45, 7) is -0.232. The maximum absolute atomic E-state index is 13.7. The highest BCUT2D eigenvalue weighted by Crippen LogP contribution is 2.47. The molecule has 1 unspecified atom stereocenters. The van der Waals surface area contributed by atoms with Crippen molar-refractivity contribution in [3.05, 3.63) is 36.7 Å². The predicted octanol–water partition coefficient (Wildman–Crippen LogP) is 6.69. The highest BCUT2D eigenvalue weighted by Gasteiger charge is 2.72. The van der Waals surface area contributed by atoms with E-state index in [9.17, 15) is 48.3 Å². The molecule has 0 bridgehead atoms. The molecule has 0 aliphatic rings. The van der Waals surface area contributed by atoms with Gasteiger partial charge in [0, 0.05) is 38.3 Å². The number of methoxy groups -OCH3 is 1. The monoisotopic (exact) mass is 720 g/mol. The van der Waals surface area contributed by atoms with Crippen molar-refractivity contribution in [2.45, 2.75) is 56.7 Å². The van der Waals surface area contributed by atoms with Gasteiger partial charge in [0.2, 0.25) is 0 Å². The van der Waals surface area contributed by atoms with E-state index >= 15 is 0 Å². The van der Waals surface area contributed by atoms with Gasteiger partial charge in [-0.05, 0) is 44.0 Å². The lowest BCUT2D eigenvalue weighted by Gasteiger charge is -2.31. The zero-order valence-corrected chi connectivity index (χ0v) is 25.2. The van der Waals surface area contributed by atoms with Crippen molar-refractivity contribution in [3.8, 4) is 22.9 Å². The van der Waals surface area contributed by atoms with E-state index in [0.717, 1.165) is 0 Å². The second kappa shape index (κ2) is 18.0. The summed E-state index contributed by atoms with van der Waals surface area (Å²) in [7, 11) is 1.48. The molecule has 10 nitrogen and oxygen atoms in total. The topological polar surface area (TPSA) is 99.6 Å². The van der Waals surface area contributed by atoms with Gasteiger partial charge in [-0.15, -0.1) is 0 Å². The van der Waals surface area contributed by atoms with E-state index in [0.29, 0.717) is 18.0 Å². The van der Waals surface area contributed by atoms with Gasteiger partial charge in [0.05, 0.1) is 19.8 Å². The number of benzene rings is 1. The van der Waals surface area contributed by atoms with Crippen molar-refractivity contribution < 1.29 is 86.2 Å². The third-order valence-corrected chi connectivity index (χ3v) is 5.48. The summed E-state index contributed by atoms with van der Waals surface area (Å²) in [6.07, 6.45) is -29.9. The normalized spacial score (nSPS) is 13.9. The second-order valence-corrected chi connectivity index (χ2v) is 9.29. The highest BCUT2D eigenvalue weighted by molar-refractivity contribution is 5.60. The molecule has 48 heavy (non-hydrogen) atoms. The molecule has 0 fully saturated rings. The highest BCUT2D eigenvalue weighted by atomic mass is 19.4. The fraction of sp³-hybridized carbons (Fsp3) is 0.630. The van der Waals surface area contributed by atoms with Gasteiger partial charge in [-0.1, -0.05) is 0 Å². The maximum atomic E-state index is 13.7. The molecule has 1 atom stereocenters. The third-order valence-electron chi connectivity index (χ3n) is 5.48. The summed E-state index contributed by atoms with van der Waals surface area (Å²) in [5, 5.41) is 0. The molecule has 1 aromatic carbocycles. The Morgan fingerprint density at radius 2 is 1.33 bits per heavy atom. The first-order valence-corrected chi connectivity index (χ1v) is 13.8. The van der Waals surface area contributed by atoms with E-state index in [1.165, 1.54) is 19.5 Å². The van der Waals surface area contributed by atoms with E-state index in [1.807, 2.05) is 4.74 Å². The van der Waals surface area contributed by atoms with Gasteiger partial charge in [-0.25, -0.2) is 19.4 Å². The standard InChI is InChI=1S/C27H31F11N2O8/c1-3-43-21(16-41-2)46-14-13-45-20-15-18(22-39-9-6-10-40-22)7-8-19(20)44-12-5-4-11-42-17-23(28,29)47-26(35,36)27(37,38)48-25(33,34)24(30,31)32/h6-10,15,21H,3-5,11-14,16-17H2,1-2H3. The van der Waals surface area contributed by atoms with Crippen molar-refractivity contribution in [2.75, 3.05) is 53.4 Å². The van der Waals surface area contributed by atoms with Crippen LogP contribution in [-0.2, 0) is 28.4 Å². The number of rotatable bonds is 23. The van der Waals surface area contributed by atoms with E-state index < -0.39 is 50.1 Å². The number of hydrogen-bond acceptors (Lipinski definition) is 10. The van der Waals surface area contributed by atoms with Crippen LogP contribution in [0.4, 0.5) is 48.3 Å². The molecule has 0 spiro atoms. The van der Waals surface area contributed by atoms with Crippen LogP contribution in [0.5, 0.6) is 11.5 Å². The molecule has 1 heterocycles. The van der Waals surface area contributed by atoms with E-state index in [1.54, 1.807) is 31.2 Å². The van der Waals surface area contributed by atoms with Crippen LogP contribution >= 0.6 is 0 Å². The Hall–Kier alpha value is -3.11. The smallest absolute Gasteiger partial charge is 0.483 e. The van der Waals surface area contributed by atoms with Crippen molar-refractivity contribution in [3.63, 3.8) is 0 Å². The molecular weight excluding hydrogens is 689 g/mol. The Labute approximate surface area is 266 Å². The molecule has 274 valence electrons. The zero-order valence-electron chi connectivity index (χ0n) is 25.2. The van der Waals surface area contributed by atoms with Crippen LogP contribution in [-0.4, -0.2) is 100 Å². The van der Waals surface area contributed by atoms with Gasteiger partial charge in [0.25, 0.3) is 0 Å². The Bertz CT molecular complexity index is 1220. The van der Waals surface area contributed by atoms with Gasteiger partial charge in [-0.3, -0.25) is 0 Å². The van der Waals surface area contributed by atoms with Crippen LogP contribution in [0.1, 0.15) is 19.8 Å². The first kappa shape index (κ1) is 41.1. The molecule has 0 saturated carbocycles. The van der Waals surface area contributed by atoms with Crippen molar-refractivity contribution in [2.24, 2.45) is 0 Å². The molecule has 1 aromatic heterocycles. The first-order valence-electron chi connectivity index (χ1n) is 13.8. The minimum Gasteiger partial charge on any atom is -0.490 e. The Balaban J connectivity index is 1.88. The lowest BCUT2D eigenvalue weighted by molar-refractivity contribution is -0.537. The fourth-order valence-electron chi connectivity index (χ4n) is 3.36. The lowest BCUT2D eigenvalue weighted by atomic mass is 10.2. The van der Waals surface area contributed by atoms with E-state index in [2.05, 4.69) is 19.4 Å². The maximum Gasteiger partial charge on any atom is 0.483 e. The van der Waals surface area contributed by atoms with Crippen molar-refractivity contribution >= 4 is 0 Å². The molecule has 21 heteroatoms. The number of hydrogen-bond donors (Lipinski definition) is 0. The van der Waals surface area contributed by atoms with Gasteiger partial charge in [0.15, 0.2) is 23.6 Å². The molecule has 2 aromatic rings. The fourth-order valence-corrected chi connectivity index (χ4v) is 3.36. The number of nitrogens with zero attached hydrogens (tertiary/aromatic N) is 2. The first-order chi connectivity index (χ1) is 22.3.